The zero-order chi connectivity index (χ0) is 19.4. The fraction of sp³-hybridized carbons (Fsp3) is 0.632. The lowest BCUT2D eigenvalue weighted by atomic mass is 9.98. The van der Waals surface area contributed by atoms with Crippen molar-refractivity contribution in [3.8, 4) is 0 Å². The minimum absolute atomic E-state index is 0.0712. The summed E-state index contributed by atoms with van der Waals surface area (Å²) in [6.07, 6.45) is 4.16. The highest BCUT2D eigenvalue weighted by molar-refractivity contribution is 7.99. The second-order valence-electron chi connectivity index (χ2n) is 7.13. The number of hydrogen-bond donors (Lipinski definition) is 2. The third kappa shape index (κ3) is 5.12. The van der Waals surface area contributed by atoms with Gasteiger partial charge in [0, 0.05) is 18.0 Å². The number of ether oxygens (including phenoxy) is 1. The van der Waals surface area contributed by atoms with E-state index in [0.29, 0.717) is 23.0 Å². The first-order chi connectivity index (χ1) is 13.0. The first kappa shape index (κ1) is 20.4. The molecule has 0 spiro atoms. The number of amides is 1. The summed E-state index contributed by atoms with van der Waals surface area (Å²) < 4.78 is 5.50. The van der Waals surface area contributed by atoms with Crippen molar-refractivity contribution in [2.24, 2.45) is 5.92 Å². The number of nitrogens with zero attached hydrogens (tertiary/aromatic N) is 1. The molecule has 1 saturated heterocycles. The largest absolute Gasteiger partial charge is 0.376 e. The highest BCUT2D eigenvalue weighted by Gasteiger charge is 2.18. The van der Waals surface area contributed by atoms with Gasteiger partial charge in [-0.3, -0.25) is 9.59 Å². The molecule has 0 saturated carbocycles. The zero-order valence-electron chi connectivity index (χ0n) is 16.1. The summed E-state index contributed by atoms with van der Waals surface area (Å²) >= 11 is 2.82. The lowest BCUT2D eigenvalue weighted by molar-refractivity contribution is -0.119. The average Bonchev–Trinajstić information content (AvgIpc) is 3.26. The predicted octanol–water partition coefficient (Wildman–Crippen LogP) is 3.27. The number of nitrogens with one attached hydrogen (secondary N) is 2. The van der Waals surface area contributed by atoms with E-state index in [1.165, 1.54) is 11.8 Å². The molecular weight excluding hydrogens is 382 g/mol. The molecule has 0 aromatic carbocycles. The molecule has 1 amide bonds. The van der Waals surface area contributed by atoms with Crippen molar-refractivity contribution in [1.82, 2.24) is 15.3 Å². The number of fused-ring (bicyclic) bond motifs is 1. The number of rotatable bonds is 8. The molecule has 1 aliphatic heterocycles. The molecule has 6 nitrogen and oxygen atoms in total. The Morgan fingerprint density at radius 3 is 3.04 bits per heavy atom. The van der Waals surface area contributed by atoms with Gasteiger partial charge >= 0.3 is 0 Å². The summed E-state index contributed by atoms with van der Waals surface area (Å²) in [6, 6.07) is 0. The minimum atomic E-state index is -0.107. The maximum absolute atomic E-state index is 12.6. The van der Waals surface area contributed by atoms with Gasteiger partial charge < -0.3 is 15.0 Å². The first-order valence-corrected chi connectivity index (χ1v) is 11.3. The quantitative estimate of drug-likeness (QED) is 0.516. The van der Waals surface area contributed by atoms with Crippen LogP contribution in [-0.4, -0.2) is 40.9 Å². The molecule has 1 fully saturated rings. The van der Waals surface area contributed by atoms with E-state index in [0.717, 1.165) is 47.6 Å². The van der Waals surface area contributed by atoms with Crippen molar-refractivity contribution < 1.29 is 9.53 Å². The van der Waals surface area contributed by atoms with Gasteiger partial charge in [-0.05, 0) is 37.7 Å². The summed E-state index contributed by atoms with van der Waals surface area (Å²) in [7, 11) is 0. The van der Waals surface area contributed by atoms with Crippen LogP contribution < -0.4 is 10.9 Å². The smallest absolute Gasteiger partial charge is 0.260 e. The molecule has 0 bridgehead atoms. The highest BCUT2D eigenvalue weighted by Crippen LogP contribution is 2.30. The van der Waals surface area contributed by atoms with E-state index in [-0.39, 0.29) is 23.3 Å². The van der Waals surface area contributed by atoms with Crippen LogP contribution in [0.1, 0.15) is 43.6 Å². The molecule has 3 heterocycles. The second-order valence-corrected chi connectivity index (χ2v) is 9.30. The molecule has 27 heavy (non-hydrogen) atoms. The van der Waals surface area contributed by atoms with Crippen molar-refractivity contribution in [2.45, 2.75) is 57.7 Å². The maximum Gasteiger partial charge on any atom is 0.260 e. The summed E-state index contributed by atoms with van der Waals surface area (Å²) in [4.78, 5) is 34.0. The number of carbonyl (C=O) groups excluding carboxylic acids is 1. The number of thiophene rings is 1. The van der Waals surface area contributed by atoms with E-state index >= 15 is 0 Å². The Morgan fingerprint density at radius 2 is 2.33 bits per heavy atom. The third-order valence-electron chi connectivity index (χ3n) is 4.98. The number of carbonyl (C=O) groups is 1. The highest BCUT2D eigenvalue weighted by atomic mass is 32.2. The van der Waals surface area contributed by atoms with Crippen LogP contribution in [-0.2, 0) is 16.0 Å². The maximum atomic E-state index is 12.6. The Balaban J connectivity index is 1.65. The van der Waals surface area contributed by atoms with Gasteiger partial charge in [0.15, 0.2) is 5.16 Å². The Kier molecular flexibility index (Phi) is 6.94. The van der Waals surface area contributed by atoms with Gasteiger partial charge in [0.1, 0.15) is 4.83 Å². The minimum Gasteiger partial charge on any atom is -0.376 e. The third-order valence-corrected chi connectivity index (χ3v) is 6.90. The molecule has 2 N–H and O–H groups in total. The van der Waals surface area contributed by atoms with E-state index in [1.54, 1.807) is 11.3 Å². The van der Waals surface area contributed by atoms with E-state index in [4.69, 9.17) is 4.74 Å². The topological polar surface area (TPSA) is 84.1 Å². The van der Waals surface area contributed by atoms with Crippen molar-refractivity contribution in [1.29, 1.82) is 0 Å². The lowest BCUT2D eigenvalue weighted by Gasteiger charge is -2.10. The normalized spacial score (nSPS) is 18.1. The summed E-state index contributed by atoms with van der Waals surface area (Å²) in [6.45, 7) is 7.74. The monoisotopic (exact) mass is 409 g/mol. The Labute approximate surface area is 167 Å². The molecule has 2 atom stereocenters. The average molecular weight is 410 g/mol. The standard InChI is InChI=1S/C19H27N3O3S2/c1-4-11(2)8-14-12(3)27-18-16(14)17(24)21-19(22-18)26-10-15(23)20-9-13-6-5-7-25-13/h11,13H,4-10H2,1-3H3,(H,20,23)(H,21,22,24)/t11-,13+/m0/s1. The van der Waals surface area contributed by atoms with Crippen LogP contribution in [0.2, 0.25) is 0 Å². The van der Waals surface area contributed by atoms with E-state index in [2.05, 4.69) is 36.1 Å². The molecule has 8 heteroatoms. The SMILES string of the molecule is CC[C@H](C)Cc1c(C)sc2nc(SCC(=O)NC[C@H]3CCCO3)[nH]c(=O)c12. The van der Waals surface area contributed by atoms with E-state index in [9.17, 15) is 9.59 Å². The second kappa shape index (κ2) is 9.21. The van der Waals surface area contributed by atoms with Crippen molar-refractivity contribution >= 4 is 39.2 Å². The molecule has 0 unspecified atom stereocenters. The van der Waals surface area contributed by atoms with Gasteiger partial charge in [-0.2, -0.15) is 0 Å². The molecule has 148 valence electrons. The van der Waals surface area contributed by atoms with Crippen LogP contribution in [0.5, 0.6) is 0 Å². The van der Waals surface area contributed by atoms with Crippen molar-refractivity contribution in [3.05, 3.63) is 20.8 Å². The molecule has 1 aliphatic rings. The fourth-order valence-corrected chi connectivity index (χ4v) is 4.98. The fourth-order valence-electron chi connectivity index (χ4n) is 3.18. The van der Waals surface area contributed by atoms with Crippen LogP contribution in [0.25, 0.3) is 10.2 Å². The van der Waals surface area contributed by atoms with E-state index < -0.39 is 0 Å². The molecular formula is C19H27N3O3S2. The number of hydrogen-bond acceptors (Lipinski definition) is 6. The molecule has 0 radical (unpaired) electrons. The number of H-pyrrole nitrogens is 1. The Hall–Kier alpha value is -1.38. The number of aromatic amines is 1. The van der Waals surface area contributed by atoms with Gasteiger partial charge in [0.25, 0.3) is 5.56 Å². The van der Waals surface area contributed by atoms with Crippen LogP contribution in [0.15, 0.2) is 9.95 Å². The van der Waals surface area contributed by atoms with Crippen LogP contribution >= 0.6 is 23.1 Å². The molecule has 0 aliphatic carbocycles. The van der Waals surface area contributed by atoms with Gasteiger partial charge in [0.2, 0.25) is 5.91 Å². The van der Waals surface area contributed by atoms with Crippen molar-refractivity contribution in [2.75, 3.05) is 18.9 Å². The van der Waals surface area contributed by atoms with Crippen LogP contribution in [0, 0.1) is 12.8 Å². The Morgan fingerprint density at radius 1 is 1.52 bits per heavy atom. The summed E-state index contributed by atoms with van der Waals surface area (Å²) in [5.41, 5.74) is 1.01. The predicted molar refractivity (Wildman–Crippen MR) is 111 cm³/mol. The van der Waals surface area contributed by atoms with Crippen molar-refractivity contribution in [3.63, 3.8) is 0 Å². The van der Waals surface area contributed by atoms with E-state index in [1.807, 2.05) is 0 Å². The zero-order valence-corrected chi connectivity index (χ0v) is 17.7. The van der Waals surface area contributed by atoms with Crippen LogP contribution in [0.4, 0.5) is 0 Å². The number of aryl methyl sites for hydroxylation is 1. The van der Waals surface area contributed by atoms with Crippen LogP contribution in [0.3, 0.4) is 0 Å². The lowest BCUT2D eigenvalue weighted by Crippen LogP contribution is -2.33. The van der Waals surface area contributed by atoms with Gasteiger partial charge in [-0.15, -0.1) is 11.3 Å². The Bertz CT molecular complexity index is 856. The molecule has 2 aromatic heterocycles. The molecule has 3 rings (SSSR count). The number of aromatic nitrogens is 2. The molecule has 2 aromatic rings. The van der Waals surface area contributed by atoms with Gasteiger partial charge in [-0.25, -0.2) is 4.98 Å². The summed E-state index contributed by atoms with van der Waals surface area (Å²) in [5, 5.41) is 4.10. The van der Waals surface area contributed by atoms with Gasteiger partial charge in [0.05, 0.1) is 17.2 Å². The number of thioether (sulfide) groups is 1. The first-order valence-electron chi connectivity index (χ1n) is 9.51. The van der Waals surface area contributed by atoms with Gasteiger partial charge in [-0.1, -0.05) is 32.0 Å². The summed E-state index contributed by atoms with van der Waals surface area (Å²) in [5.74, 6) is 0.686.